The minimum absolute atomic E-state index is 0.0552. The fraction of sp³-hybridized carbons (Fsp3) is 0.526. The van der Waals surface area contributed by atoms with Gasteiger partial charge < -0.3 is 10.2 Å². The maximum Gasteiger partial charge on any atom is 0.317 e. The van der Waals surface area contributed by atoms with E-state index < -0.39 is 0 Å². The smallest absolute Gasteiger partial charge is 0.317 e. The number of pyridine rings is 1. The Morgan fingerprint density at radius 2 is 2.12 bits per heavy atom. The molecule has 0 aliphatic carbocycles. The lowest BCUT2D eigenvalue weighted by atomic mass is 10.1. The van der Waals surface area contributed by atoms with Gasteiger partial charge in [0.05, 0.1) is 10.7 Å². The summed E-state index contributed by atoms with van der Waals surface area (Å²) in [6.45, 7) is 8.98. The average Bonchev–Trinajstić information content (AvgIpc) is 3.05. The van der Waals surface area contributed by atoms with Crippen molar-refractivity contribution >= 4 is 17.4 Å². The van der Waals surface area contributed by atoms with E-state index in [-0.39, 0.29) is 12.1 Å². The van der Waals surface area contributed by atoms with Gasteiger partial charge in [0, 0.05) is 55.7 Å². The maximum atomic E-state index is 12.3. The number of carbonyl (C=O) groups is 1. The standard InChI is InChI=1S/C19H28N4OS/c1-13(2)18-22-16(12-25-18)8-10-21-19(24)23(5)15(4)11-17-14(3)7-6-9-20-17/h6-7,9,12-13,15H,8,10-11H2,1-5H3,(H,21,24). The van der Waals surface area contributed by atoms with Gasteiger partial charge in [-0.1, -0.05) is 19.9 Å². The molecule has 25 heavy (non-hydrogen) atoms. The van der Waals surface area contributed by atoms with Gasteiger partial charge in [0.2, 0.25) is 0 Å². The Kier molecular flexibility index (Phi) is 6.93. The third-order valence-corrected chi connectivity index (χ3v) is 5.50. The second-order valence-electron chi connectivity index (χ2n) is 6.74. The number of amides is 2. The average molecular weight is 361 g/mol. The predicted octanol–water partition coefficient (Wildman–Crippen LogP) is 3.79. The molecule has 2 rings (SSSR count). The van der Waals surface area contributed by atoms with E-state index in [0.717, 1.165) is 34.8 Å². The van der Waals surface area contributed by atoms with Crippen LogP contribution >= 0.6 is 11.3 Å². The second-order valence-corrected chi connectivity index (χ2v) is 7.63. The zero-order valence-electron chi connectivity index (χ0n) is 15.7. The van der Waals surface area contributed by atoms with Gasteiger partial charge in [0.25, 0.3) is 0 Å². The van der Waals surface area contributed by atoms with Crippen molar-refractivity contribution in [2.75, 3.05) is 13.6 Å². The summed E-state index contributed by atoms with van der Waals surface area (Å²) < 4.78 is 0. The number of hydrogen-bond acceptors (Lipinski definition) is 4. The molecule has 0 saturated carbocycles. The summed E-state index contributed by atoms with van der Waals surface area (Å²) in [5.41, 5.74) is 3.25. The van der Waals surface area contributed by atoms with Crippen LogP contribution in [0.25, 0.3) is 0 Å². The highest BCUT2D eigenvalue weighted by atomic mass is 32.1. The van der Waals surface area contributed by atoms with E-state index in [0.29, 0.717) is 12.5 Å². The molecule has 5 nitrogen and oxygen atoms in total. The normalized spacial score (nSPS) is 12.2. The van der Waals surface area contributed by atoms with Crippen LogP contribution < -0.4 is 5.32 Å². The molecule has 0 aliphatic rings. The monoisotopic (exact) mass is 360 g/mol. The number of aromatic nitrogens is 2. The number of rotatable bonds is 7. The molecule has 0 fully saturated rings. The molecule has 0 aromatic carbocycles. The lowest BCUT2D eigenvalue weighted by Gasteiger charge is -2.25. The van der Waals surface area contributed by atoms with Crippen LogP contribution in [0.1, 0.15) is 48.6 Å². The zero-order chi connectivity index (χ0) is 18.4. The Hall–Kier alpha value is -1.95. The molecular formula is C19H28N4OS. The van der Waals surface area contributed by atoms with Crippen molar-refractivity contribution in [1.82, 2.24) is 20.2 Å². The molecule has 0 spiro atoms. The highest BCUT2D eigenvalue weighted by Crippen LogP contribution is 2.19. The molecule has 2 amide bonds. The number of carbonyl (C=O) groups excluding carboxylic acids is 1. The lowest BCUT2D eigenvalue weighted by molar-refractivity contribution is 0.193. The molecule has 2 aromatic heterocycles. The number of nitrogens with one attached hydrogen (secondary N) is 1. The van der Waals surface area contributed by atoms with Crippen molar-refractivity contribution in [2.45, 2.75) is 52.5 Å². The molecule has 2 aromatic rings. The van der Waals surface area contributed by atoms with Crippen LogP contribution in [0.15, 0.2) is 23.7 Å². The molecule has 6 heteroatoms. The number of thiazole rings is 1. The van der Waals surface area contributed by atoms with Crippen molar-refractivity contribution in [1.29, 1.82) is 0 Å². The van der Waals surface area contributed by atoms with Crippen molar-refractivity contribution < 1.29 is 4.79 Å². The molecule has 0 saturated heterocycles. The van der Waals surface area contributed by atoms with E-state index >= 15 is 0 Å². The van der Waals surface area contributed by atoms with E-state index in [2.05, 4.69) is 34.5 Å². The third-order valence-electron chi connectivity index (χ3n) is 4.31. The van der Waals surface area contributed by atoms with Crippen LogP contribution in [0, 0.1) is 6.92 Å². The minimum Gasteiger partial charge on any atom is -0.338 e. The van der Waals surface area contributed by atoms with Gasteiger partial charge in [-0.15, -0.1) is 11.3 Å². The largest absolute Gasteiger partial charge is 0.338 e. The quantitative estimate of drug-likeness (QED) is 0.817. The first-order valence-electron chi connectivity index (χ1n) is 8.74. The molecule has 0 aliphatic heterocycles. The van der Waals surface area contributed by atoms with Gasteiger partial charge >= 0.3 is 6.03 Å². The number of hydrogen-bond donors (Lipinski definition) is 1. The van der Waals surface area contributed by atoms with E-state index in [4.69, 9.17) is 0 Å². The molecule has 1 N–H and O–H groups in total. The zero-order valence-corrected chi connectivity index (χ0v) is 16.6. The van der Waals surface area contributed by atoms with Gasteiger partial charge in [0.1, 0.15) is 0 Å². The van der Waals surface area contributed by atoms with Crippen LogP contribution in [0.5, 0.6) is 0 Å². The van der Waals surface area contributed by atoms with E-state index in [1.807, 2.05) is 33.0 Å². The molecule has 0 radical (unpaired) electrons. The first-order valence-corrected chi connectivity index (χ1v) is 9.62. The van der Waals surface area contributed by atoms with Gasteiger partial charge in [-0.25, -0.2) is 9.78 Å². The minimum atomic E-state index is -0.0552. The van der Waals surface area contributed by atoms with Crippen molar-refractivity contribution in [2.24, 2.45) is 0 Å². The summed E-state index contributed by atoms with van der Waals surface area (Å²) in [5, 5.41) is 6.21. The molecule has 136 valence electrons. The summed E-state index contributed by atoms with van der Waals surface area (Å²) in [7, 11) is 1.83. The van der Waals surface area contributed by atoms with Crippen LogP contribution in [-0.2, 0) is 12.8 Å². The Balaban J connectivity index is 1.80. The van der Waals surface area contributed by atoms with Crippen LogP contribution in [-0.4, -0.2) is 40.5 Å². The summed E-state index contributed by atoms with van der Waals surface area (Å²) in [5.74, 6) is 0.454. The molecule has 1 atom stereocenters. The number of nitrogens with zero attached hydrogens (tertiary/aromatic N) is 3. The van der Waals surface area contributed by atoms with E-state index in [9.17, 15) is 4.79 Å². The van der Waals surface area contributed by atoms with Crippen LogP contribution in [0.4, 0.5) is 4.79 Å². The predicted molar refractivity (Wildman–Crippen MR) is 103 cm³/mol. The molecule has 0 bridgehead atoms. The fourth-order valence-electron chi connectivity index (χ4n) is 2.47. The third kappa shape index (κ3) is 5.53. The summed E-state index contributed by atoms with van der Waals surface area (Å²) in [6.07, 6.45) is 3.31. The first kappa shape index (κ1) is 19.4. The van der Waals surface area contributed by atoms with Crippen LogP contribution in [0.2, 0.25) is 0 Å². The SMILES string of the molecule is Cc1cccnc1CC(C)N(C)C(=O)NCCc1csc(C(C)C)n1. The molecule has 1 unspecified atom stereocenters. The van der Waals surface area contributed by atoms with Gasteiger partial charge in [-0.3, -0.25) is 4.98 Å². The molecular weight excluding hydrogens is 332 g/mol. The van der Waals surface area contributed by atoms with Gasteiger partial charge in [-0.05, 0) is 25.5 Å². The van der Waals surface area contributed by atoms with E-state index in [1.54, 1.807) is 22.4 Å². The van der Waals surface area contributed by atoms with E-state index in [1.165, 1.54) is 0 Å². The van der Waals surface area contributed by atoms with Crippen LogP contribution in [0.3, 0.4) is 0 Å². The van der Waals surface area contributed by atoms with Gasteiger partial charge in [-0.2, -0.15) is 0 Å². The highest BCUT2D eigenvalue weighted by Gasteiger charge is 2.17. The topological polar surface area (TPSA) is 58.1 Å². The second kappa shape index (κ2) is 8.94. The van der Waals surface area contributed by atoms with Crippen molar-refractivity contribution in [3.63, 3.8) is 0 Å². The number of likely N-dealkylation sites (N-methyl/N-ethyl adjacent to an activating group) is 1. The van der Waals surface area contributed by atoms with Crippen molar-refractivity contribution in [3.8, 4) is 0 Å². The maximum absolute atomic E-state index is 12.3. The summed E-state index contributed by atoms with van der Waals surface area (Å²) >= 11 is 1.69. The molecule has 2 heterocycles. The first-order chi connectivity index (χ1) is 11.9. The Bertz CT molecular complexity index is 698. The Morgan fingerprint density at radius 1 is 1.36 bits per heavy atom. The highest BCUT2D eigenvalue weighted by molar-refractivity contribution is 7.09. The summed E-state index contributed by atoms with van der Waals surface area (Å²) in [4.78, 5) is 23.1. The number of aryl methyl sites for hydroxylation is 1. The number of urea groups is 1. The fourth-order valence-corrected chi connectivity index (χ4v) is 3.34. The lowest BCUT2D eigenvalue weighted by Crippen LogP contribution is -2.44. The van der Waals surface area contributed by atoms with Crippen molar-refractivity contribution in [3.05, 3.63) is 45.7 Å². The van der Waals surface area contributed by atoms with Gasteiger partial charge in [0.15, 0.2) is 0 Å². The Labute approximate surface area is 154 Å². The summed E-state index contributed by atoms with van der Waals surface area (Å²) in [6, 6.07) is 4.01. The Morgan fingerprint density at radius 3 is 2.76 bits per heavy atom.